The number of benzene rings is 3. The number of nitrogens with one attached hydrogen (secondary N) is 1. The highest BCUT2D eigenvalue weighted by Gasteiger charge is 2.16. The standard InChI is InChI=1S/C26H27NO5/c1-29-21-10-5-18(6-11-21)24-16-20(9-14-25(24)30-2)27-26(28)19-7-12-22(13-8-19)32-17-23-4-3-15-31-23/h5-14,16,23H,3-4,15,17H2,1-2H3,(H,27,28)/t23-/m1/s1. The molecule has 0 saturated carbocycles. The Balaban J connectivity index is 1.44. The second-order valence-electron chi connectivity index (χ2n) is 7.57. The number of hydrogen-bond donors (Lipinski definition) is 1. The van der Waals surface area contributed by atoms with Crippen molar-refractivity contribution in [2.24, 2.45) is 0 Å². The average molecular weight is 434 g/mol. The van der Waals surface area contributed by atoms with Crippen LogP contribution in [0, 0.1) is 0 Å². The Kier molecular flexibility index (Phi) is 6.92. The smallest absolute Gasteiger partial charge is 0.255 e. The highest BCUT2D eigenvalue weighted by molar-refractivity contribution is 6.04. The average Bonchev–Trinajstić information content (AvgIpc) is 3.37. The molecule has 1 N–H and O–H groups in total. The van der Waals surface area contributed by atoms with E-state index in [1.54, 1.807) is 38.5 Å². The van der Waals surface area contributed by atoms with Gasteiger partial charge >= 0.3 is 0 Å². The lowest BCUT2D eigenvalue weighted by molar-refractivity contribution is 0.0679. The first kappa shape index (κ1) is 21.7. The molecule has 1 aliphatic heterocycles. The molecule has 3 aromatic rings. The fraction of sp³-hybridized carbons (Fsp3) is 0.269. The Morgan fingerprint density at radius 3 is 2.38 bits per heavy atom. The first-order valence-electron chi connectivity index (χ1n) is 10.6. The second kappa shape index (κ2) is 10.2. The van der Waals surface area contributed by atoms with Crippen molar-refractivity contribution < 1.29 is 23.7 Å². The van der Waals surface area contributed by atoms with E-state index < -0.39 is 0 Å². The van der Waals surface area contributed by atoms with Crippen LogP contribution in [0.15, 0.2) is 66.7 Å². The Morgan fingerprint density at radius 2 is 1.72 bits per heavy atom. The molecule has 1 saturated heterocycles. The van der Waals surface area contributed by atoms with Gasteiger partial charge in [-0.1, -0.05) is 12.1 Å². The lowest BCUT2D eigenvalue weighted by Crippen LogP contribution is -2.16. The largest absolute Gasteiger partial charge is 0.497 e. The van der Waals surface area contributed by atoms with Crippen LogP contribution in [0.25, 0.3) is 11.1 Å². The molecule has 3 aromatic carbocycles. The van der Waals surface area contributed by atoms with Gasteiger partial charge in [-0.25, -0.2) is 0 Å². The van der Waals surface area contributed by atoms with E-state index in [4.69, 9.17) is 18.9 Å². The van der Waals surface area contributed by atoms with Crippen LogP contribution in [-0.2, 0) is 4.74 Å². The summed E-state index contributed by atoms with van der Waals surface area (Å²) in [5, 5.41) is 2.96. The van der Waals surface area contributed by atoms with Gasteiger partial charge < -0.3 is 24.3 Å². The molecule has 6 nitrogen and oxygen atoms in total. The van der Waals surface area contributed by atoms with E-state index >= 15 is 0 Å². The van der Waals surface area contributed by atoms with E-state index in [2.05, 4.69) is 5.32 Å². The Labute approximate surface area is 188 Å². The second-order valence-corrected chi connectivity index (χ2v) is 7.57. The fourth-order valence-corrected chi connectivity index (χ4v) is 3.65. The van der Waals surface area contributed by atoms with E-state index in [1.165, 1.54) is 0 Å². The van der Waals surface area contributed by atoms with Crippen LogP contribution in [0.3, 0.4) is 0 Å². The molecule has 1 heterocycles. The Bertz CT molecular complexity index is 1040. The molecule has 166 valence electrons. The van der Waals surface area contributed by atoms with Crippen molar-refractivity contribution in [3.05, 3.63) is 72.3 Å². The predicted molar refractivity (Wildman–Crippen MR) is 124 cm³/mol. The van der Waals surface area contributed by atoms with Crippen LogP contribution < -0.4 is 19.5 Å². The number of carbonyl (C=O) groups excluding carboxylic acids is 1. The number of carbonyl (C=O) groups is 1. The van der Waals surface area contributed by atoms with Crippen LogP contribution in [0.5, 0.6) is 17.2 Å². The zero-order valence-electron chi connectivity index (χ0n) is 18.3. The topological polar surface area (TPSA) is 66.0 Å². The maximum absolute atomic E-state index is 12.8. The number of amides is 1. The number of methoxy groups -OCH3 is 2. The molecule has 32 heavy (non-hydrogen) atoms. The van der Waals surface area contributed by atoms with E-state index in [9.17, 15) is 4.79 Å². The molecule has 6 heteroatoms. The molecule has 4 rings (SSSR count). The summed E-state index contributed by atoms with van der Waals surface area (Å²) in [6.07, 6.45) is 2.27. The number of ether oxygens (including phenoxy) is 4. The normalized spacial score (nSPS) is 15.2. The van der Waals surface area contributed by atoms with Gasteiger partial charge in [0.15, 0.2) is 0 Å². The van der Waals surface area contributed by atoms with Crippen LogP contribution >= 0.6 is 0 Å². The molecule has 0 spiro atoms. The van der Waals surface area contributed by atoms with Crippen molar-refractivity contribution in [1.29, 1.82) is 0 Å². The number of anilines is 1. The summed E-state index contributed by atoms with van der Waals surface area (Å²) in [5.74, 6) is 2.03. The molecule has 0 radical (unpaired) electrons. The third-order valence-corrected chi connectivity index (χ3v) is 5.43. The molecule has 0 aliphatic carbocycles. The maximum atomic E-state index is 12.8. The fourth-order valence-electron chi connectivity index (χ4n) is 3.65. The van der Waals surface area contributed by atoms with E-state index in [1.807, 2.05) is 42.5 Å². The molecule has 0 aromatic heterocycles. The van der Waals surface area contributed by atoms with Crippen molar-refractivity contribution in [3.63, 3.8) is 0 Å². The number of hydrogen-bond acceptors (Lipinski definition) is 5. The van der Waals surface area contributed by atoms with Crippen LogP contribution in [0.1, 0.15) is 23.2 Å². The summed E-state index contributed by atoms with van der Waals surface area (Å²) in [5.41, 5.74) is 3.08. The molecule has 1 atom stereocenters. The monoisotopic (exact) mass is 433 g/mol. The highest BCUT2D eigenvalue weighted by Crippen LogP contribution is 2.33. The lowest BCUT2D eigenvalue weighted by Gasteiger charge is -2.13. The molecule has 1 aliphatic rings. The molecule has 0 bridgehead atoms. The summed E-state index contributed by atoms with van der Waals surface area (Å²) in [6, 6.07) is 20.4. The summed E-state index contributed by atoms with van der Waals surface area (Å²) in [7, 11) is 3.26. The molecular weight excluding hydrogens is 406 g/mol. The van der Waals surface area contributed by atoms with E-state index in [0.717, 1.165) is 47.8 Å². The van der Waals surface area contributed by atoms with E-state index in [0.29, 0.717) is 17.9 Å². The first-order chi connectivity index (χ1) is 15.7. The van der Waals surface area contributed by atoms with Gasteiger partial charge in [-0.2, -0.15) is 0 Å². The van der Waals surface area contributed by atoms with Crippen molar-refractivity contribution in [2.75, 3.05) is 32.8 Å². The van der Waals surface area contributed by atoms with Gasteiger partial charge in [-0.3, -0.25) is 4.79 Å². The zero-order valence-corrected chi connectivity index (χ0v) is 18.3. The van der Waals surface area contributed by atoms with E-state index in [-0.39, 0.29) is 12.0 Å². The summed E-state index contributed by atoms with van der Waals surface area (Å²) >= 11 is 0. The summed E-state index contributed by atoms with van der Waals surface area (Å²) in [6.45, 7) is 1.34. The highest BCUT2D eigenvalue weighted by atomic mass is 16.5. The Hall–Kier alpha value is -3.51. The SMILES string of the molecule is COc1ccc(-c2cc(NC(=O)c3ccc(OC[C@H]4CCCO4)cc3)ccc2OC)cc1. The minimum Gasteiger partial charge on any atom is -0.497 e. The van der Waals surface area contributed by atoms with Gasteiger partial charge in [0.2, 0.25) is 0 Å². The summed E-state index contributed by atoms with van der Waals surface area (Å²) < 4.78 is 22.1. The van der Waals surface area contributed by atoms with Crippen LogP contribution in [0.4, 0.5) is 5.69 Å². The van der Waals surface area contributed by atoms with Crippen molar-refractivity contribution in [3.8, 4) is 28.4 Å². The van der Waals surface area contributed by atoms with Gasteiger partial charge in [0.25, 0.3) is 5.91 Å². The van der Waals surface area contributed by atoms with Crippen LogP contribution in [0.2, 0.25) is 0 Å². The van der Waals surface area contributed by atoms with Crippen molar-refractivity contribution in [1.82, 2.24) is 0 Å². The lowest BCUT2D eigenvalue weighted by atomic mass is 10.0. The molecule has 1 amide bonds. The van der Waals surface area contributed by atoms with Crippen LogP contribution in [-0.4, -0.2) is 39.4 Å². The van der Waals surface area contributed by atoms with Crippen molar-refractivity contribution >= 4 is 11.6 Å². The number of rotatable bonds is 8. The van der Waals surface area contributed by atoms with Gasteiger partial charge in [0.1, 0.15) is 23.9 Å². The third-order valence-electron chi connectivity index (χ3n) is 5.43. The predicted octanol–water partition coefficient (Wildman–Crippen LogP) is 5.18. The molecule has 1 fully saturated rings. The summed E-state index contributed by atoms with van der Waals surface area (Å²) in [4.78, 5) is 12.8. The quantitative estimate of drug-likeness (QED) is 0.530. The Morgan fingerprint density at radius 1 is 0.969 bits per heavy atom. The van der Waals surface area contributed by atoms with Gasteiger partial charge in [0, 0.05) is 23.4 Å². The van der Waals surface area contributed by atoms with Gasteiger partial charge in [0.05, 0.1) is 20.3 Å². The van der Waals surface area contributed by atoms with Crippen molar-refractivity contribution in [2.45, 2.75) is 18.9 Å². The maximum Gasteiger partial charge on any atom is 0.255 e. The van der Waals surface area contributed by atoms with Gasteiger partial charge in [-0.05, 0) is 73.0 Å². The minimum atomic E-state index is -0.193. The van der Waals surface area contributed by atoms with Gasteiger partial charge in [-0.15, -0.1) is 0 Å². The minimum absolute atomic E-state index is 0.160. The third kappa shape index (κ3) is 5.21. The molecule has 0 unspecified atom stereocenters. The zero-order chi connectivity index (χ0) is 22.3. The first-order valence-corrected chi connectivity index (χ1v) is 10.6. The molecular formula is C26H27NO5.